The Labute approximate surface area is 136 Å². The van der Waals surface area contributed by atoms with E-state index in [-0.39, 0.29) is 18.1 Å². The van der Waals surface area contributed by atoms with Gasteiger partial charge in [0.2, 0.25) is 5.91 Å². The molecular weight excluding hydrogens is 294 g/mol. The van der Waals surface area contributed by atoms with Crippen LogP contribution < -0.4 is 9.47 Å². The summed E-state index contributed by atoms with van der Waals surface area (Å²) in [5.41, 5.74) is 0.984. The largest absolute Gasteiger partial charge is 0.486 e. The first-order chi connectivity index (χ1) is 11.3. The molecule has 2 unspecified atom stereocenters. The van der Waals surface area contributed by atoms with Gasteiger partial charge in [0.15, 0.2) is 11.5 Å². The van der Waals surface area contributed by atoms with Gasteiger partial charge >= 0.3 is 0 Å². The topological polar surface area (TPSA) is 48.0 Å². The van der Waals surface area contributed by atoms with Gasteiger partial charge in [0.05, 0.1) is 25.2 Å². The monoisotopic (exact) mass is 317 g/mol. The molecule has 2 fully saturated rings. The summed E-state index contributed by atoms with van der Waals surface area (Å²) in [7, 11) is 0. The van der Waals surface area contributed by atoms with Gasteiger partial charge in [0.25, 0.3) is 0 Å². The van der Waals surface area contributed by atoms with Gasteiger partial charge in [-0.1, -0.05) is 18.9 Å². The first kappa shape index (κ1) is 14.8. The Morgan fingerprint density at radius 3 is 2.83 bits per heavy atom. The standard InChI is InChI=1S/C18H23NO4/c20-18(19-7-8-21-15-4-2-1-3-14(15)19)12-13-5-6-16-17(11-13)23-10-9-22-16/h5-6,11,14-15H,1-4,7-10,12H2. The Hall–Kier alpha value is -1.75. The molecule has 5 nitrogen and oxygen atoms in total. The third kappa shape index (κ3) is 3.02. The van der Waals surface area contributed by atoms with Crippen molar-refractivity contribution in [3.63, 3.8) is 0 Å². The van der Waals surface area contributed by atoms with Crippen LogP contribution in [0, 0.1) is 0 Å². The van der Waals surface area contributed by atoms with Crippen molar-refractivity contribution in [2.24, 2.45) is 0 Å². The summed E-state index contributed by atoms with van der Waals surface area (Å²) in [4.78, 5) is 14.8. The van der Waals surface area contributed by atoms with Crippen LogP contribution in [0.5, 0.6) is 11.5 Å². The zero-order chi connectivity index (χ0) is 15.6. The van der Waals surface area contributed by atoms with Crippen LogP contribution in [0.15, 0.2) is 18.2 Å². The lowest BCUT2D eigenvalue weighted by molar-refractivity contribution is -0.148. The number of nitrogens with zero attached hydrogens (tertiary/aromatic N) is 1. The molecule has 2 atom stereocenters. The van der Waals surface area contributed by atoms with E-state index in [1.165, 1.54) is 12.8 Å². The predicted molar refractivity (Wildman–Crippen MR) is 84.8 cm³/mol. The van der Waals surface area contributed by atoms with E-state index in [4.69, 9.17) is 14.2 Å². The van der Waals surface area contributed by atoms with Crippen molar-refractivity contribution in [3.05, 3.63) is 23.8 Å². The fourth-order valence-electron chi connectivity index (χ4n) is 3.88. The van der Waals surface area contributed by atoms with Gasteiger partial charge in [0.1, 0.15) is 13.2 Å². The van der Waals surface area contributed by atoms with E-state index in [0.29, 0.717) is 32.8 Å². The lowest BCUT2D eigenvalue weighted by Gasteiger charge is -2.43. The summed E-state index contributed by atoms with van der Waals surface area (Å²) in [5.74, 6) is 1.71. The van der Waals surface area contributed by atoms with Crippen LogP contribution in [0.1, 0.15) is 31.2 Å². The number of benzene rings is 1. The fourth-order valence-corrected chi connectivity index (χ4v) is 3.88. The number of carbonyl (C=O) groups is 1. The van der Waals surface area contributed by atoms with E-state index in [0.717, 1.165) is 29.9 Å². The van der Waals surface area contributed by atoms with E-state index >= 15 is 0 Å². The minimum absolute atomic E-state index is 0.196. The number of rotatable bonds is 2. The zero-order valence-corrected chi connectivity index (χ0v) is 13.3. The van der Waals surface area contributed by atoms with Crippen molar-refractivity contribution >= 4 is 5.91 Å². The van der Waals surface area contributed by atoms with Gasteiger partial charge in [-0.05, 0) is 30.5 Å². The maximum atomic E-state index is 12.8. The second-order valence-electron chi connectivity index (χ2n) is 6.50. The second-order valence-corrected chi connectivity index (χ2v) is 6.50. The quantitative estimate of drug-likeness (QED) is 0.839. The van der Waals surface area contributed by atoms with Crippen molar-refractivity contribution in [1.29, 1.82) is 0 Å². The first-order valence-corrected chi connectivity index (χ1v) is 8.61. The lowest BCUT2D eigenvalue weighted by atomic mass is 9.90. The van der Waals surface area contributed by atoms with E-state index < -0.39 is 0 Å². The summed E-state index contributed by atoms with van der Waals surface area (Å²) < 4.78 is 17.0. The third-order valence-electron chi connectivity index (χ3n) is 5.01. The summed E-state index contributed by atoms with van der Waals surface area (Å²) in [6.45, 7) is 2.53. The molecule has 1 aromatic rings. The van der Waals surface area contributed by atoms with Crippen LogP contribution in [0.4, 0.5) is 0 Å². The predicted octanol–water partition coefficient (Wildman–Crippen LogP) is 2.17. The number of carbonyl (C=O) groups excluding carboxylic acids is 1. The number of hydrogen-bond acceptors (Lipinski definition) is 4. The fraction of sp³-hybridized carbons (Fsp3) is 0.611. The highest BCUT2D eigenvalue weighted by atomic mass is 16.6. The van der Waals surface area contributed by atoms with Gasteiger partial charge in [-0.25, -0.2) is 0 Å². The maximum Gasteiger partial charge on any atom is 0.227 e. The first-order valence-electron chi connectivity index (χ1n) is 8.61. The molecule has 2 heterocycles. The van der Waals surface area contributed by atoms with Crippen LogP contribution >= 0.6 is 0 Å². The molecule has 0 spiro atoms. The van der Waals surface area contributed by atoms with Gasteiger partial charge in [-0.15, -0.1) is 0 Å². The Bertz CT molecular complexity index is 586. The third-order valence-corrected chi connectivity index (χ3v) is 5.01. The molecular formula is C18H23NO4. The molecule has 1 aromatic carbocycles. The molecule has 0 radical (unpaired) electrons. The number of fused-ring (bicyclic) bond motifs is 2. The molecule has 124 valence electrons. The molecule has 3 aliphatic rings. The van der Waals surface area contributed by atoms with E-state index in [1.54, 1.807) is 0 Å². The van der Waals surface area contributed by atoms with Crippen molar-refractivity contribution in [3.8, 4) is 11.5 Å². The number of amides is 1. The van der Waals surface area contributed by atoms with E-state index in [1.807, 2.05) is 23.1 Å². The summed E-state index contributed by atoms with van der Waals surface area (Å²) in [6, 6.07) is 6.07. The van der Waals surface area contributed by atoms with Gasteiger partial charge in [-0.3, -0.25) is 4.79 Å². The molecule has 1 saturated heterocycles. The molecule has 1 amide bonds. The minimum atomic E-state index is 0.196. The summed E-state index contributed by atoms with van der Waals surface area (Å²) in [6.07, 6.45) is 5.21. The van der Waals surface area contributed by atoms with Gasteiger partial charge in [-0.2, -0.15) is 0 Å². The van der Waals surface area contributed by atoms with E-state index in [2.05, 4.69) is 0 Å². The average Bonchev–Trinajstić information content (AvgIpc) is 2.61. The van der Waals surface area contributed by atoms with Crippen molar-refractivity contribution in [2.75, 3.05) is 26.4 Å². The Kier molecular flexibility index (Phi) is 4.12. The Morgan fingerprint density at radius 1 is 1.09 bits per heavy atom. The zero-order valence-electron chi connectivity index (χ0n) is 13.3. The van der Waals surface area contributed by atoms with Crippen LogP contribution in [-0.4, -0.2) is 49.3 Å². The summed E-state index contributed by atoms with van der Waals surface area (Å²) >= 11 is 0. The van der Waals surface area contributed by atoms with Crippen LogP contribution in [-0.2, 0) is 16.0 Å². The van der Waals surface area contributed by atoms with Crippen LogP contribution in [0.2, 0.25) is 0 Å². The van der Waals surface area contributed by atoms with Crippen molar-refractivity contribution in [2.45, 2.75) is 44.2 Å². The molecule has 23 heavy (non-hydrogen) atoms. The molecule has 0 N–H and O–H groups in total. The van der Waals surface area contributed by atoms with Crippen LogP contribution in [0.25, 0.3) is 0 Å². The Balaban J connectivity index is 1.46. The molecule has 4 rings (SSSR count). The Morgan fingerprint density at radius 2 is 1.91 bits per heavy atom. The molecule has 1 saturated carbocycles. The number of morpholine rings is 1. The SMILES string of the molecule is O=C(Cc1ccc2c(c1)OCCO2)N1CCOC2CCCCC21. The second kappa shape index (κ2) is 6.40. The van der Waals surface area contributed by atoms with Gasteiger partial charge in [0, 0.05) is 6.54 Å². The van der Waals surface area contributed by atoms with Crippen molar-refractivity contribution in [1.82, 2.24) is 4.90 Å². The maximum absolute atomic E-state index is 12.8. The molecule has 1 aliphatic carbocycles. The molecule has 2 aliphatic heterocycles. The smallest absolute Gasteiger partial charge is 0.227 e. The van der Waals surface area contributed by atoms with Gasteiger partial charge < -0.3 is 19.1 Å². The molecule has 0 bridgehead atoms. The highest BCUT2D eigenvalue weighted by Gasteiger charge is 2.36. The van der Waals surface area contributed by atoms with Crippen molar-refractivity contribution < 1.29 is 19.0 Å². The molecule has 0 aromatic heterocycles. The normalized spacial score (nSPS) is 26.5. The van der Waals surface area contributed by atoms with E-state index in [9.17, 15) is 4.79 Å². The lowest BCUT2D eigenvalue weighted by Crippen LogP contribution is -2.55. The molecule has 5 heteroatoms. The minimum Gasteiger partial charge on any atom is -0.486 e. The highest BCUT2D eigenvalue weighted by Crippen LogP contribution is 2.32. The van der Waals surface area contributed by atoms with Crippen LogP contribution in [0.3, 0.4) is 0 Å². The highest BCUT2D eigenvalue weighted by molar-refractivity contribution is 5.79. The number of hydrogen-bond donors (Lipinski definition) is 0. The number of ether oxygens (including phenoxy) is 3. The summed E-state index contributed by atoms with van der Waals surface area (Å²) in [5, 5.41) is 0. The average molecular weight is 317 g/mol.